The van der Waals surface area contributed by atoms with Crippen LogP contribution in [0.25, 0.3) is 0 Å². The van der Waals surface area contributed by atoms with E-state index in [4.69, 9.17) is 9.47 Å². The number of benzene rings is 3. The topological polar surface area (TPSA) is 111 Å². The van der Waals surface area contributed by atoms with E-state index in [0.29, 0.717) is 28.1 Å². The lowest BCUT2D eigenvalue weighted by atomic mass is 10.0. The van der Waals surface area contributed by atoms with E-state index in [1.165, 1.54) is 7.11 Å². The Morgan fingerprint density at radius 3 is 1.92 bits per heavy atom. The van der Waals surface area contributed by atoms with Gasteiger partial charge in [-0.1, -0.05) is 32.0 Å². The fourth-order valence-electron chi connectivity index (χ4n) is 3.31. The van der Waals surface area contributed by atoms with E-state index in [2.05, 4.69) is 10.6 Å². The second-order valence-corrected chi connectivity index (χ2v) is 8.35. The van der Waals surface area contributed by atoms with Crippen LogP contribution in [0.4, 0.5) is 5.69 Å². The molecule has 0 heterocycles. The van der Waals surface area contributed by atoms with Crippen LogP contribution in [0.5, 0.6) is 5.75 Å². The maximum absolute atomic E-state index is 12.6. The minimum absolute atomic E-state index is 0.262. The summed E-state index contributed by atoms with van der Waals surface area (Å²) >= 11 is 0. The molecule has 0 aliphatic carbocycles. The van der Waals surface area contributed by atoms with E-state index in [1.54, 1.807) is 86.6 Å². The highest BCUT2D eigenvalue weighted by atomic mass is 16.5. The van der Waals surface area contributed by atoms with Crippen LogP contribution in [0.3, 0.4) is 0 Å². The molecule has 186 valence electrons. The van der Waals surface area contributed by atoms with Gasteiger partial charge in [0.1, 0.15) is 11.8 Å². The Bertz CT molecular complexity index is 1210. The number of rotatable bonds is 10. The SMILES string of the molecule is COc1ccc(C(=O)NC(C(=O)OCC(=O)c2ccc(NC(=O)c3ccccc3)cc2)C(C)C)cc1. The molecule has 0 fully saturated rings. The van der Waals surface area contributed by atoms with Gasteiger partial charge in [0, 0.05) is 22.4 Å². The predicted molar refractivity (Wildman–Crippen MR) is 135 cm³/mol. The van der Waals surface area contributed by atoms with Crippen LogP contribution in [-0.2, 0) is 9.53 Å². The van der Waals surface area contributed by atoms with Gasteiger partial charge in [-0.15, -0.1) is 0 Å². The number of carbonyl (C=O) groups excluding carboxylic acids is 4. The highest BCUT2D eigenvalue weighted by Gasteiger charge is 2.27. The summed E-state index contributed by atoms with van der Waals surface area (Å²) < 4.78 is 10.3. The van der Waals surface area contributed by atoms with Gasteiger partial charge in [-0.25, -0.2) is 4.79 Å². The Labute approximate surface area is 209 Å². The van der Waals surface area contributed by atoms with Crippen LogP contribution in [-0.4, -0.2) is 43.3 Å². The molecule has 8 nitrogen and oxygen atoms in total. The van der Waals surface area contributed by atoms with Gasteiger partial charge in [-0.3, -0.25) is 14.4 Å². The number of anilines is 1. The van der Waals surface area contributed by atoms with Crippen molar-refractivity contribution in [2.75, 3.05) is 19.0 Å². The van der Waals surface area contributed by atoms with Crippen LogP contribution in [0.1, 0.15) is 44.9 Å². The number of ketones is 1. The van der Waals surface area contributed by atoms with E-state index in [-0.39, 0.29) is 11.8 Å². The third-order valence-corrected chi connectivity index (χ3v) is 5.41. The van der Waals surface area contributed by atoms with Crippen molar-refractivity contribution in [2.45, 2.75) is 19.9 Å². The molecule has 8 heteroatoms. The first-order valence-corrected chi connectivity index (χ1v) is 11.4. The second-order valence-electron chi connectivity index (χ2n) is 8.35. The second kappa shape index (κ2) is 12.3. The van der Waals surface area contributed by atoms with Gasteiger partial charge in [0.15, 0.2) is 12.4 Å². The molecule has 3 aromatic carbocycles. The zero-order valence-corrected chi connectivity index (χ0v) is 20.3. The van der Waals surface area contributed by atoms with Crippen molar-refractivity contribution in [1.29, 1.82) is 0 Å². The Morgan fingerprint density at radius 2 is 1.33 bits per heavy atom. The van der Waals surface area contributed by atoms with Gasteiger partial charge in [0.2, 0.25) is 0 Å². The van der Waals surface area contributed by atoms with E-state index in [9.17, 15) is 19.2 Å². The first-order valence-electron chi connectivity index (χ1n) is 11.4. The first kappa shape index (κ1) is 26.2. The van der Waals surface area contributed by atoms with E-state index < -0.39 is 30.3 Å². The summed E-state index contributed by atoms with van der Waals surface area (Å²) in [5.74, 6) is -1.47. The standard InChI is InChI=1S/C28H28N2O6/c1-18(2)25(30-27(33)21-11-15-23(35-3)16-12-21)28(34)36-17-24(31)19-9-13-22(14-10-19)29-26(32)20-7-5-4-6-8-20/h4-16,18,25H,17H2,1-3H3,(H,29,32)(H,30,33). The molecular formula is C28H28N2O6. The van der Waals surface area contributed by atoms with Crippen LogP contribution in [0, 0.1) is 5.92 Å². The Hall–Kier alpha value is -4.46. The summed E-state index contributed by atoms with van der Waals surface area (Å²) in [6.45, 7) is 3.06. The lowest BCUT2D eigenvalue weighted by Crippen LogP contribution is -2.45. The number of methoxy groups -OCH3 is 1. The Morgan fingerprint density at radius 1 is 0.750 bits per heavy atom. The molecule has 0 aliphatic rings. The van der Waals surface area contributed by atoms with Gasteiger partial charge in [0.05, 0.1) is 7.11 Å². The van der Waals surface area contributed by atoms with Crippen molar-refractivity contribution in [2.24, 2.45) is 5.92 Å². The van der Waals surface area contributed by atoms with Crippen molar-refractivity contribution in [3.8, 4) is 5.75 Å². The molecule has 0 aliphatic heterocycles. The molecule has 0 saturated carbocycles. The zero-order chi connectivity index (χ0) is 26.1. The quantitative estimate of drug-likeness (QED) is 0.328. The summed E-state index contributed by atoms with van der Waals surface area (Å²) in [4.78, 5) is 50.0. The van der Waals surface area contributed by atoms with Gasteiger partial charge >= 0.3 is 5.97 Å². The molecule has 0 radical (unpaired) electrons. The highest BCUT2D eigenvalue weighted by Crippen LogP contribution is 2.14. The number of ether oxygens (including phenoxy) is 2. The maximum Gasteiger partial charge on any atom is 0.329 e. The van der Waals surface area contributed by atoms with Crippen molar-refractivity contribution in [3.63, 3.8) is 0 Å². The molecule has 0 spiro atoms. The van der Waals surface area contributed by atoms with Crippen molar-refractivity contribution in [1.82, 2.24) is 5.32 Å². The van der Waals surface area contributed by atoms with E-state index in [1.807, 2.05) is 6.07 Å². The lowest BCUT2D eigenvalue weighted by molar-refractivity contribution is -0.145. The zero-order valence-electron chi connectivity index (χ0n) is 20.3. The molecule has 36 heavy (non-hydrogen) atoms. The Balaban J connectivity index is 1.54. The number of Topliss-reactive ketones (excluding diaryl/α,β-unsaturated/α-hetero) is 1. The molecule has 2 N–H and O–H groups in total. The number of esters is 1. The van der Waals surface area contributed by atoms with Crippen LogP contribution >= 0.6 is 0 Å². The third kappa shape index (κ3) is 7.02. The normalized spacial score (nSPS) is 11.3. The minimum atomic E-state index is -0.928. The molecular weight excluding hydrogens is 460 g/mol. The molecule has 2 amide bonds. The van der Waals surface area contributed by atoms with E-state index in [0.717, 1.165) is 0 Å². The van der Waals surface area contributed by atoms with Gasteiger partial charge in [-0.05, 0) is 66.6 Å². The maximum atomic E-state index is 12.6. The average molecular weight is 489 g/mol. The number of hydrogen-bond donors (Lipinski definition) is 2. The monoisotopic (exact) mass is 488 g/mol. The van der Waals surface area contributed by atoms with Gasteiger partial charge < -0.3 is 20.1 Å². The van der Waals surface area contributed by atoms with Crippen LogP contribution in [0.15, 0.2) is 78.9 Å². The molecule has 0 aromatic heterocycles. The van der Waals surface area contributed by atoms with Crippen molar-refractivity contribution in [3.05, 3.63) is 95.6 Å². The number of amides is 2. The number of hydrogen-bond acceptors (Lipinski definition) is 6. The molecule has 0 saturated heterocycles. The summed E-state index contributed by atoms with van der Waals surface area (Å²) in [7, 11) is 1.53. The number of nitrogens with one attached hydrogen (secondary N) is 2. The van der Waals surface area contributed by atoms with E-state index >= 15 is 0 Å². The summed E-state index contributed by atoms with van der Waals surface area (Å²) in [5, 5.41) is 5.42. The fraction of sp³-hybridized carbons (Fsp3) is 0.214. The summed E-state index contributed by atoms with van der Waals surface area (Å²) in [5.41, 5.74) is 1.73. The molecule has 3 aromatic rings. The fourth-order valence-corrected chi connectivity index (χ4v) is 3.31. The van der Waals surface area contributed by atoms with Crippen molar-refractivity contribution < 1.29 is 28.7 Å². The third-order valence-electron chi connectivity index (χ3n) is 5.41. The first-order chi connectivity index (χ1) is 17.3. The molecule has 1 atom stereocenters. The minimum Gasteiger partial charge on any atom is -0.497 e. The summed E-state index contributed by atoms with van der Waals surface area (Å²) in [6.07, 6.45) is 0. The highest BCUT2D eigenvalue weighted by molar-refractivity contribution is 6.05. The average Bonchev–Trinajstić information content (AvgIpc) is 2.90. The predicted octanol–water partition coefficient (Wildman–Crippen LogP) is 4.13. The molecule has 3 rings (SSSR count). The molecule has 0 bridgehead atoms. The largest absolute Gasteiger partial charge is 0.497 e. The Kier molecular flexibility index (Phi) is 8.94. The van der Waals surface area contributed by atoms with Crippen molar-refractivity contribution >= 4 is 29.3 Å². The number of carbonyl (C=O) groups is 4. The molecule has 1 unspecified atom stereocenters. The lowest BCUT2D eigenvalue weighted by Gasteiger charge is -2.20. The van der Waals surface area contributed by atoms with Crippen LogP contribution in [0.2, 0.25) is 0 Å². The smallest absolute Gasteiger partial charge is 0.329 e. The van der Waals surface area contributed by atoms with Crippen LogP contribution < -0.4 is 15.4 Å². The summed E-state index contributed by atoms with van der Waals surface area (Å²) in [6, 6.07) is 20.6. The van der Waals surface area contributed by atoms with Gasteiger partial charge in [-0.2, -0.15) is 0 Å². The van der Waals surface area contributed by atoms with Gasteiger partial charge in [0.25, 0.3) is 11.8 Å².